The van der Waals surface area contributed by atoms with Crippen LogP contribution in [0, 0.1) is 11.8 Å². The molecule has 1 spiro atoms. The maximum atomic E-state index is 13.8. The Kier molecular flexibility index (Phi) is 9.59. The number of nitrogens with zero attached hydrogens (tertiary/aromatic N) is 2. The molecule has 2 amide bonds. The number of likely N-dealkylation sites (N-methyl/N-ethyl adjacent to an activating group) is 1. The summed E-state index contributed by atoms with van der Waals surface area (Å²) in [6.07, 6.45) is 8.24. The van der Waals surface area contributed by atoms with Crippen LogP contribution in [-0.2, 0) is 36.1 Å². The summed E-state index contributed by atoms with van der Waals surface area (Å²) in [7, 11) is -2.45. The number of alkyl carbamates (subject to hydrolysis) is 1. The number of rotatable bonds is 2. The summed E-state index contributed by atoms with van der Waals surface area (Å²) in [5.74, 6) is 0.144. The van der Waals surface area contributed by atoms with Crippen LogP contribution in [0.2, 0.25) is 5.02 Å². The van der Waals surface area contributed by atoms with E-state index < -0.39 is 33.7 Å². The van der Waals surface area contributed by atoms with Crippen molar-refractivity contribution in [2.75, 3.05) is 51.4 Å². The molecule has 1 saturated heterocycles. The molecule has 3 heterocycles. The number of amides is 2. The zero-order valence-corrected chi connectivity index (χ0v) is 30.5. The summed E-state index contributed by atoms with van der Waals surface area (Å²) in [5, 5.41) is 3.67. The minimum Gasteiger partial charge on any atom is -0.490 e. The van der Waals surface area contributed by atoms with Gasteiger partial charge in [-0.3, -0.25) is 9.69 Å². The first-order valence-electron chi connectivity index (χ1n) is 17.7. The van der Waals surface area contributed by atoms with Gasteiger partial charge in [-0.1, -0.05) is 23.7 Å². The second-order valence-corrected chi connectivity index (χ2v) is 17.2. The molecular formula is C37H47ClN4O7S. The lowest BCUT2D eigenvalue weighted by Crippen LogP contribution is -2.54. The van der Waals surface area contributed by atoms with Crippen molar-refractivity contribution >= 4 is 39.3 Å². The third kappa shape index (κ3) is 6.83. The van der Waals surface area contributed by atoms with Crippen molar-refractivity contribution in [3.8, 4) is 5.75 Å². The molecule has 2 N–H and O–H groups in total. The Morgan fingerprint density at radius 2 is 1.98 bits per heavy atom. The van der Waals surface area contributed by atoms with Gasteiger partial charge in [0.2, 0.25) is 0 Å². The Labute approximate surface area is 299 Å². The number of hydrogen-bond donors (Lipinski definition) is 2. The lowest BCUT2D eigenvalue weighted by molar-refractivity contribution is -0.128. The first-order valence-corrected chi connectivity index (χ1v) is 19.5. The van der Waals surface area contributed by atoms with Crippen molar-refractivity contribution in [2.24, 2.45) is 11.8 Å². The molecular weight excluding hydrogens is 680 g/mol. The van der Waals surface area contributed by atoms with Crippen molar-refractivity contribution in [3.63, 3.8) is 0 Å². The highest BCUT2D eigenvalue weighted by molar-refractivity contribution is 7.90. The second-order valence-electron chi connectivity index (χ2n) is 15.1. The number of carbonyl (C=O) groups excluding carboxylic acids is 2. The normalized spacial score (nSPS) is 30.6. The number of nitrogens with one attached hydrogen (secondary N) is 2. The first kappa shape index (κ1) is 35.1. The Morgan fingerprint density at radius 3 is 2.74 bits per heavy atom. The smallest absolute Gasteiger partial charge is 0.408 e. The van der Waals surface area contributed by atoms with Gasteiger partial charge in [0.1, 0.15) is 11.9 Å². The summed E-state index contributed by atoms with van der Waals surface area (Å²) in [4.78, 5) is 30.7. The SMILES string of the molecule is CN1CC=C[C@H](OC(=O)N[C@H]2CCOC2)[C@@H]2CC[C@H]2CN2C[C@@]3(CCCc4cc(Cl)ccc43)COc3ccc(cc32)S(=O)(=O)NC(=O)C1(C)C. The summed E-state index contributed by atoms with van der Waals surface area (Å²) in [5.41, 5.74) is 1.57. The van der Waals surface area contributed by atoms with Crippen molar-refractivity contribution in [1.29, 1.82) is 0 Å². The molecule has 5 aliphatic rings. The van der Waals surface area contributed by atoms with Crippen LogP contribution in [0.25, 0.3) is 0 Å². The van der Waals surface area contributed by atoms with E-state index in [0.717, 1.165) is 38.5 Å². The van der Waals surface area contributed by atoms with Crippen LogP contribution < -0.4 is 19.7 Å². The van der Waals surface area contributed by atoms with Crippen LogP contribution >= 0.6 is 11.6 Å². The molecule has 0 aromatic heterocycles. The molecule has 1 saturated carbocycles. The quantitative estimate of drug-likeness (QED) is 0.420. The predicted molar refractivity (Wildman–Crippen MR) is 190 cm³/mol. The van der Waals surface area contributed by atoms with Gasteiger partial charge in [-0.2, -0.15) is 0 Å². The number of carbonyl (C=O) groups is 2. The number of anilines is 1. The van der Waals surface area contributed by atoms with Crippen LogP contribution in [0.3, 0.4) is 0 Å². The van der Waals surface area contributed by atoms with Crippen molar-refractivity contribution in [3.05, 3.63) is 64.7 Å². The van der Waals surface area contributed by atoms with Gasteiger partial charge >= 0.3 is 6.09 Å². The van der Waals surface area contributed by atoms with E-state index in [2.05, 4.69) is 27.1 Å². The number of aryl methyl sites for hydroxylation is 1. The predicted octanol–water partition coefficient (Wildman–Crippen LogP) is 4.81. The molecule has 2 aromatic rings. The van der Waals surface area contributed by atoms with Crippen LogP contribution in [0.1, 0.15) is 57.1 Å². The lowest BCUT2D eigenvalue weighted by Gasteiger charge is -2.46. The molecule has 2 aromatic carbocycles. The van der Waals surface area contributed by atoms with Gasteiger partial charge in [0, 0.05) is 42.6 Å². The highest BCUT2D eigenvalue weighted by Gasteiger charge is 2.45. The van der Waals surface area contributed by atoms with Gasteiger partial charge in [-0.15, -0.1) is 0 Å². The summed E-state index contributed by atoms with van der Waals surface area (Å²) >= 11 is 6.44. The minimum absolute atomic E-state index is 0.00523. The van der Waals surface area contributed by atoms with Crippen LogP contribution in [0.15, 0.2) is 53.4 Å². The van der Waals surface area contributed by atoms with E-state index in [-0.39, 0.29) is 28.2 Å². The molecule has 270 valence electrons. The fraction of sp³-hybridized carbons (Fsp3) is 0.568. The zero-order valence-electron chi connectivity index (χ0n) is 29.0. The number of fused-ring (bicyclic) bond motifs is 4. The molecule has 2 aliphatic carbocycles. The Morgan fingerprint density at radius 1 is 1.14 bits per heavy atom. The van der Waals surface area contributed by atoms with Crippen LogP contribution in [0.5, 0.6) is 5.75 Å². The third-order valence-corrected chi connectivity index (χ3v) is 13.2. The molecule has 0 radical (unpaired) electrons. The van der Waals surface area contributed by atoms with E-state index in [1.807, 2.05) is 18.2 Å². The fourth-order valence-corrected chi connectivity index (χ4v) is 9.42. The zero-order chi connectivity index (χ0) is 35.3. The highest BCUT2D eigenvalue weighted by atomic mass is 35.5. The largest absolute Gasteiger partial charge is 0.490 e. The Hall–Kier alpha value is -3.32. The maximum absolute atomic E-state index is 13.8. The molecule has 2 fully saturated rings. The maximum Gasteiger partial charge on any atom is 0.408 e. The van der Waals surface area contributed by atoms with E-state index in [1.165, 1.54) is 17.2 Å². The van der Waals surface area contributed by atoms with Crippen molar-refractivity contribution in [1.82, 2.24) is 14.9 Å². The average molecular weight is 727 g/mol. The van der Waals surface area contributed by atoms with E-state index in [1.54, 1.807) is 37.9 Å². The Bertz CT molecular complexity index is 1780. The van der Waals surface area contributed by atoms with E-state index >= 15 is 0 Å². The van der Waals surface area contributed by atoms with Crippen LogP contribution in [0.4, 0.5) is 10.5 Å². The third-order valence-electron chi connectivity index (χ3n) is 11.6. The lowest BCUT2D eigenvalue weighted by atomic mass is 9.68. The van der Waals surface area contributed by atoms with Crippen molar-refractivity contribution < 1.29 is 32.2 Å². The van der Waals surface area contributed by atoms with E-state index in [9.17, 15) is 18.0 Å². The molecule has 2 bridgehead atoms. The Balaban J connectivity index is 1.28. The molecule has 7 rings (SSSR count). The van der Waals surface area contributed by atoms with Gasteiger partial charge in [0.25, 0.3) is 15.9 Å². The summed E-state index contributed by atoms with van der Waals surface area (Å²) in [6.45, 7) is 6.43. The molecule has 13 heteroatoms. The van der Waals surface area contributed by atoms with Crippen LogP contribution in [-0.4, -0.2) is 89.5 Å². The van der Waals surface area contributed by atoms with E-state index in [4.69, 9.17) is 25.8 Å². The minimum atomic E-state index is -4.21. The molecule has 3 aliphatic heterocycles. The molecule has 11 nitrogen and oxygen atoms in total. The van der Waals surface area contributed by atoms with Crippen molar-refractivity contribution in [2.45, 2.75) is 80.4 Å². The number of ether oxygens (including phenoxy) is 3. The number of benzene rings is 2. The summed E-state index contributed by atoms with van der Waals surface area (Å²) < 4.78 is 48.0. The van der Waals surface area contributed by atoms with Gasteiger partial charge in [0.05, 0.1) is 35.4 Å². The highest BCUT2D eigenvalue weighted by Crippen LogP contribution is 2.47. The second kappa shape index (κ2) is 13.7. The molecule has 0 unspecified atom stereocenters. The van der Waals surface area contributed by atoms with Gasteiger partial charge in [-0.25, -0.2) is 17.9 Å². The van der Waals surface area contributed by atoms with E-state index in [0.29, 0.717) is 55.9 Å². The molecule has 5 atom stereocenters. The first-order chi connectivity index (χ1) is 23.8. The standard InChI is InChI=1S/C37H47ClN4O7S/c1-36(2)34(43)40-50(45,46)28-10-13-33-31(19-28)42(22-37(23-48-33)15-4-6-24-18-26(38)9-12-30(24)37)20-25-8-11-29(25)32(7-5-16-41(36)3)49-35(44)39-27-14-17-47-21-27/h5,7,9-10,12-13,18-19,25,27,29,32H,4,6,8,11,14-17,20-23H2,1-3H3,(H,39,44)(H,40,43)/t25-,27-,29+,32-,37-/m0/s1. The number of hydrogen-bond acceptors (Lipinski definition) is 9. The van der Waals surface area contributed by atoms with Gasteiger partial charge < -0.3 is 24.4 Å². The molecule has 50 heavy (non-hydrogen) atoms. The summed E-state index contributed by atoms with van der Waals surface area (Å²) in [6, 6.07) is 10.9. The number of sulfonamides is 1. The average Bonchev–Trinajstić information content (AvgIpc) is 3.51. The van der Waals surface area contributed by atoms with Gasteiger partial charge in [0.15, 0.2) is 0 Å². The number of halogens is 1. The topological polar surface area (TPSA) is 127 Å². The fourth-order valence-electron chi connectivity index (χ4n) is 8.10. The monoisotopic (exact) mass is 726 g/mol. The van der Waals surface area contributed by atoms with Gasteiger partial charge in [-0.05, 0) is 113 Å².